The molecule has 0 aromatic rings. The van der Waals surface area contributed by atoms with Crippen LogP contribution in [0.4, 0.5) is 0 Å². The first-order chi connectivity index (χ1) is 6.19. The SMILES string of the molecule is COC(=O)C1CC2(CC(CO)C2)C1. The van der Waals surface area contributed by atoms with Gasteiger partial charge >= 0.3 is 5.97 Å². The zero-order valence-electron chi connectivity index (χ0n) is 7.95. The van der Waals surface area contributed by atoms with E-state index < -0.39 is 0 Å². The molecule has 3 nitrogen and oxygen atoms in total. The lowest BCUT2D eigenvalue weighted by atomic mass is 9.48. The van der Waals surface area contributed by atoms with E-state index in [-0.39, 0.29) is 11.9 Å². The Morgan fingerprint density at radius 2 is 2.08 bits per heavy atom. The highest BCUT2D eigenvalue weighted by Gasteiger charge is 2.54. The molecule has 2 fully saturated rings. The van der Waals surface area contributed by atoms with Crippen molar-refractivity contribution in [3.8, 4) is 0 Å². The molecule has 2 saturated carbocycles. The molecule has 3 heteroatoms. The minimum atomic E-state index is -0.0573. The van der Waals surface area contributed by atoms with Crippen LogP contribution in [0.2, 0.25) is 0 Å². The number of carbonyl (C=O) groups is 1. The molecule has 0 atom stereocenters. The lowest BCUT2D eigenvalue weighted by molar-refractivity contribution is -0.162. The minimum absolute atomic E-state index is 0.0573. The minimum Gasteiger partial charge on any atom is -0.469 e. The van der Waals surface area contributed by atoms with Crippen molar-refractivity contribution in [2.45, 2.75) is 25.7 Å². The Labute approximate surface area is 78.1 Å². The lowest BCUT2D eigenvalue weighted by Gasteiger charge is -2.56. The summed E-state index contributed by atoms with van der Waals surface area (Å²) >= 11 is 0. The standard InChI is InChI=1S/C10H16O3/c1-13-9(12)8-4-10(5-8)2-7(3-10)6-11/h7-8,11H,2-6H2,1H3. The molecule has 74 valence electrons. The number of ether oxygens (including phenoxy) is 1. The molecule has 0 amide bonds. The second-order valence-corrected chi connectivity index (χ2v) is 4.59. The highest BCUT2D eigenvalue weighted by Crippen LogP contribution is 2.61. The van der Waals surface area contributed by atoms with E-state index in [1.165, 1.54) is 7.11 Å². The maximum atomic E-state index is 11.1. The average Bonchev–Trinajstić information content (AvgIpc) is 1.99. The van der Waals surface area contributed by atoms with Crippen LogP contribution in [0.15, 0.2) is 0 Å². The maximum Gasteiger partial charge on any atom is 0.308 e. The Bertz CT molecular complexity index is 210. The van der Waals surface area contributed by atoms with E-state index in [0.29, 0.717) is 17.9 Å². The van der Waals surface area contributed by atoms with Crippen LogP contribution in [0.25, 0.3) is 0 Å². The Morgan fingerprint density at radius 1 is 1.46 bits per heavy atom. The first-order valence-corrected chi connectivity index (χ1v) is 4.88. The van der Waals surface area contributed by atoms with Crippen molar-refractivity contribution in [1.82, 2.24) is 0 Å². The molecule has 0 aromatic carbocycles. The highest BCUT2D eigenvalue weighted by atomic mass is 16.5. The van der Waals surface area contributed by atoms with Gasteiger partial charge in [-0.15, -0.1) is 0 Å². The predicted octanol–water partition coefficient (Wildman–Crippen LogP) is 0.958. The van der Waals surface area contributed by atoms with Crippen molar-refractivity contribution in [3.63, 3.8) is 0 Å². The molecule has 0 radical (unpaired) electrons. The van der Waals surface area contributed by atoms with Crippen molar-refractivity contribution in [2.75, 3.05) is 13.7 Å². The van der Waals surface area contributed by atoms with Crippen LogP contribution in [0.1, 0.15) is 25.7 Å². The molecule has 2 aliphatic rings. The van der Waals surface area contributed by atoms with Gasteiger partial charge in [-0.1, -0.05) is 0 Å². The highest BCUT2D eigenvalue weighted by molar-refractivity contribution is 5.73. The fourth-order valence-corrected chi connectivity index (χ4v) is 2.95. The fourth-order valence-electron chi connectivity index (χ4n) is 2.95. The molecule has 2 aliphatic carbocycles. The van der Waals surface area contributed by atoms with Gasteiger partial charge in [-0.3, -0.25) is 4.79 Å². The van der Waals surface area contributed by atoms with Gasteiger partial charge in [0.15, 0.2) is 0 Å². The number of rotatable bonds is 2. The third-order valence-electron chi connectivity index (χ3n) is 3.59. The van der Waals surface area contributed by atoms with Gasteiger partial charge in [0.1, 0.15) is 0 Å². The summed E-state index contributed by atoms with van der Waals surface area (Å²) in [5.41, 5.74) is 0.409. The van der Waals surface area contributed by atoms with Crippen molar-refractivity contribution in [2.24, 2.45) is 17.3 Å². The van der Waals surface area contributed by atoms with Crippen LogP contribution in [-0.2, 0) is 9.53 Å². The summed E-state index contributed by atoms with van der Waals surface area (Å²) in [6, 6.07) is 0. The molecule has 0 unspecified atom stereocenters. The van der Waals surface area contributed by atoms with Crippen LogP contribution >= 0.6 is 0 Å². The van der Waals surface area contributed by atoms with Gasteiger partial charge in [0.05, 0.1) is 13.0 Å². The van der Waals surface area contributed by atoms with Gasteiger partial charge < -0.3 is 9.84 Å². The summed E-state index contributed by atoms with van der Waals surface area (Å²) in [5.74, 6) is 0.585. The zero-order chi connectivity index (χ0) is 9.47. The average molecular weight is 184 g/mol. The number of aliphatic hydroxyl groups excluding tert-OH is 1. The largest absolute Gasteiger partial charge is 0.469 e. The predicted molar refractivity (Wildman–Crippen MR) is 47.0 cm³/mol. The third kappa shape index (κ3) is 1.35. The van der Waals surface area contributed by atoms with Crippen molar-refractivity contribution in [1.29, 1.82) is 0 Å². The monoisotopic (exact) mass is 184 g/mol. The Balaban J connectivity index is 1.76. The fraction of sp³-hybridized carbons (Fsp3) is 0.900. The Kier molecular flexibility index (Phi) is 2.06. The van der Waals surface area contributed by atoms with Gasteiger partial charge in [0, 0.05) is 6.61 Å². The van der Waals surface area contributed by atoms with Crippen molar-refractivity contribution in [3.05, 3.63) is 0 Å². The van der Waals surface area contributed by atoms with E-state index >= 15 is 0 Å². The molecule has 0 aromatic heterocycles. The molecule has 0 saturated heterocycles. The summed E-state index contributed by atoms with van der Waals surface area (Å²) in [4.78, 5) is 11.1. The molecule has 1 N–H and O–H groups in total. The zero-order valence-corrected chi connectivity index (χ0v) is 7.95. The lowest BCUT2D eigenvalue weighted by Crippen LogP contribution is -2.50. The number of hydrogen-bond acceptors (Lipinski definition) is 3. The van der Waals surface area contributed by atoms with E-state index in [1.807, 2.05) is 0 Å². The Morgan fingerprint density at radius 3 is 2.54 bits per heavy atom. The van der Waals surface area contributed by atoms with E-state index in [2.05, 4.69) is 4.74 Å². The molecule has 0 heterocycles. The number of hydrogen-bond donors (Lipinski definition) is 1. The molecular weight excluding hydrogens is 168 g/mol. The van der Waals surface area contributed by atoms with E-state index in [0.717, 1.165) is 25.7 Å². The quantitative estimate of drug-likeness (QED) is 0.650. The van der Waals surface area contributed by atoms with Crippen LogP contribution < -0.4 is 0 Å². The van der Waals surface area contributed by atoms with Gasteiger partial charge in [0.25, 0.3) is 0 Å². The van der Waals surface area contributed by atoms with Crippen LogP contribution in [-0.4, -0.2) is 24.8 Å². The first kappa shape index (κ1) is 9.00. The smallest absolute Gasteiger partial charge is 0.308 e. The van der Waals surface area contributed by atoms with Gasteiger partial charge in [0.2, 0.25) is 0 Å². The second kappa shape index (κ2) is 2.98. The maximum absolute atomic E-state index is 11.1. The first-order valence-electron chi connectivity index (χ1n) is 4.88. The number of methoxy groups -OCH3 is 1. The summed E-state index contributed by atoms with van der Waals surface area (Å²) < 4.78 is 4.68. The summed E-state index contributed by atoms with van der Waals surface area (Å²) in [5, 5.41) is 8.87. The second-order valence-electron chi connectivity index (χ2n) is 4.59. The van der Waals surface area contributed by atoms with Crippen molar-refractivity contribution < 1.29 is 14.6 Å². The third-order valence-corrected chi connectivity index (χ3v) is 3.59. The van der Waals surface area contributed by atoms with Gasteiger partial charge in [-0.2, -0.15) is 0 Å². The topological polar surface area (TPSA) is 46.5 Å². The molecule has 0 aliphatic heterocycles. The molecular formula is C10H16O3. The summed E-state index contributed by atoms with van der Waals surface area (Å²) in [6.45, 7) is 0.310. The number of esters is 1. The van der Waals surface area contributed by atoms with Gasteiger partial charge in [-0.25, -0.2) is 0 Å². The van der Waals surface area contributed by atoms with E-state index in [1.54, 1.807) is 0 Å². The van der Waals surface area contributed by atoms with Crippen LogP contribution in [0.3, 0.4) is 0 Å². The molecule has 2 rings (SSSR count). The normalized spacial score (nSPS) is 42.3. The van der Waals surface area contributed by atoms with E-state index in [4.69, 9.17) is 5.11 Å². The van der Waals surface area contributed by atoms with Crippen LogP contribution in [0.5, 0.6) is 0 Å². The molecule has 0 bridgehead atoms. The summed E-state index contributed by atoms with van der Waals surface area (Å²) in [6.07, 6.45) is 4.18. The number of aliphatic hydroxyl groups is 1. The molecule has 13 heavy (non-hydrogen) atoms. The van der Waals surface area contributed by atoms with Crippen molar-refractivity contribution >= 4 is 5.97 Å². The Hall–Kier alpha value is -0.570. The number of carbonyl (C=O) groups excluding carboxylic acids is 1. The van der Waals surface area contributed by atoms with E-state index in [9.17, 15) is 4.79 Å². The molecule has 1 spiro atoms. The van der Waals surface area contributed by atoms with Crippen LogP contribution in [0, 0.1) is 17.3 Å². The van der Waals surface area contributed by atoms with Gasteiger partial charge in [-0.05, 0) is 37.0 Å². The summed E-state index contributed by atoms with van der Waals surface area (Å²) in [7, 11) is 1.45.